The monoisotopic (exact) mass is 167 g/mol. The Morgan fingerprint density at radius 3 is 2.50 bits per heavy atom. The number of rotatable bonds is 2. The summed E-state index contributed by atoms with van der Waals surface area (Å²) in [6.07, 6.45) is 0. The van der Waals surface area contributed by atoms with Crippen molar-refractivity contribution in [3.8, 4) is 0 Å². The van der Waals surface area contributed by atoms with Crippen LogP contribution in [0.15, 0.2) is 6.07 Å². The summed E-state index contributed by atoms with van der Waals surface area (Å²) in [6, 6.07) is 2.09. The van der Waals surface area contributed by atoms with E-state index in [1.807, 2.05) is 18.7 Å². The van der Waals surface area contributed by atoms with Gasteiger partial charge in [-0.1, -0.05) is 13.8 Å². The van der Waals surface area contributed by atoms with Crippen molar-refractivity contribution in [2.45, 2.75) is 26.2 Å². The summed E-state index contributed by atoms with van der Waals surface area (Å²) in [4.78, 5) is 0. The Labute approximate surface area is 73.6 Å². The van der Waals surface area contributed by atoms with Crippen molar-refractivity contribution in [2.24, 2.45) is 12.8 Å². The van der Waals surface area contributed by atoms with Gasteiger partial charge in [0.2, 0.25) is 0 Å². The van der Waals surface area contributed by atoms with E-state index in [1.165, 1.54) is 5.69 Å². The SMILES string of the molecule is Cc1cc(C(C)(C)CN)nn1C. The van der Waals surface area contributed by atoms with Crippen LogP contribution in [0.3, 0.4) is 0 Å². The zero-order valence-electron chi connectivity index (χ0n) is 8.26. The second kappa shape index (κ2) is 2.90. The van der Waals surface area contributed by atoms with Crippen molar-refractivity contribution < 1.29 is 0 Å². The van der Waals surface area contributed by atoms with E-state index < -0.39 is 0 Å². The lowest BCUT2D eigenvalue weighted by molar-refractivity contribution is 0.511. The van der Waals surface area contributed by atoms with E-state index in [0.717, 1.165) is 5.69 Å². The fourth-order valence-corrected chi connectivity index (χ4v) is 0.996. The average molecular weight is 167 g/mol. The van der Waals surface area contributed by atoms with Crippen molar-refractivity contribution in [1.82, 2.24) is 9.78 Å². The van der Waals surface area contributed by atoms with Gasteiger partial charge in [-0.05, 0) is 13.0 Å². The van der Waals surface area contributed by atoms with Crippen LogP contribution >= 0.6 is 0 Å². The molecule has 1 aromatic heterocycles. The number of hydrogen-bond acceptors (Lipinski definition) is 2. The van der Waals surface area contributed by atoms with Crippen molar-refractivity contribution in [3.05, 3.63) is 17.5 Å². The van der Waals surface area contributed by atoms with Gasteiger partial charge >= 0.3 is 0 Å². The summed E-state index contributed by atoms with van der Waals surface area (Å²) in [5.74, 6) is 0. The Morgan fingerprint density at radius 2 is 2.17 bits per heavy atom. The normalized spacial score (nSPS) is 12.1. The van der Waals surface area contributed by atoms with Gasteiger partial charge in [0.25, 0.3) is 0 Å². The molecule has 0 unspecified atom stereocenters. The lowest BCUT2D eigenvalue weighted by Gasteiger charge is -2.18. The lowest BCUT2D eigenvalue weighted by atomic mass is 9.90. The smallest absolute Gasteiger partial charge is 0.0696 e. The van der Waals surface area contributed by atoms with Gasteiger partial charge in [0.05, 0.1) is 5.69 Å². The molecule has 0 fully saturated rings. The molecule has 0 aliphatic carbocycles. The first-order chi connectivity index (χ1) is 5.47. The van der Waals surface area contributed by atoms with Crippen molar-refractivity contribution in [3.63, 3.8) is 0 Å². The van der Waals surface area contributed by atoms with Gasteiger partial charge < -0.3 is 5.73 Å². The Kier molecular flexibility index (Phi) is 2.24. The molecular weight excluding hydrogens is 150 g/mol. The highest BCUT2D eigenvalue weighted by Crippen LogP contribution is 2.20. The molecule has 0 atom stereocenters. The molecule has 0 aliphatic rings. The van der Waals surface area contributed by atoms with E-state index in [2.05, 4.69) is 25.0 Å². The molecule has 0 amide bonds. The fraction of sp³-hybridized carbons (Fsp3) is 0.667. The molecule has 0 aromatic carbocycles. The zero-order valence-corrected chi connectivity index (χ0v) is 8.26. The molecule has 0 bridgehead atoms. The molecule has 0 radical (unpaired) electrons. The summed E-state index contributed by atoms with van der Waals surface area (Å²) < 4.78 is 1.88. The van der Waals surface area contributed by atoms with Crippen LogP contribution in [0.2, 0.25) is 0 Å². The first-order valence-corrected chi connectivity index (χ1v) is 4.18. The Morgan fingerprint density at radius 1 is 1.58 bits per heavy atom. The summed E-state index contributed by atoms with van der Waals surface area (Å²) >= 11 is 0. The van der Waals surface area contributed by atoms with Crippen LogP contribution in [0.1, 0.15) is 25.2 Å². The Bertz CT molecular complexity index is 254. The topological polar surface area (TPSA) is 43.8 Å². The van der Waals surface area contributed by atoms with Crippen LogP contribution in [0.5, 0.6) is 0 Å². The number of aryl methyl sites for hydroxylation is 2. The van der Waals surface area contributed by atoms with E-state index in [4.69, 9.17) is 5.73 Å². The third kappa shape index (κ3) is 1.50. The first-order valence-electron chi connectivity index (χ1n) is 4.18. The zero-order chi connectivity index (χ0) is 9.35. The minimum absolute atomic E-state index is 0.00792. The molecule has 68 valence electrons. The molecule has 0 aliphatic heterocycles. The van der Waals surface area contributed by atoms with Crippen LogP contribution in [0, 0.1) is 6.92 Å². The van der Waals surface area contributed by atoms with E-state index in [-0.39, 0.29) is 5.41 Å². The number of nitrogens with two attached hydrogens (primary N) is 1. The maximum absolute atomic E-state index is 5.65. The van der Waals surface area contributed by atoms with Gasteiger partial charge in [0, 0.05) is 24.7 Å². The predicted octanol–water partition coefficient (Wildman–Crippen LogP) is 0.965. The number of aromatic nitrogens is 2. The van der Waals surface area contributed by atoms with Crippen molar-refractivity contribution in [1.29, 1.82) is 0 Å². The molecule has 1 aromatic rings. The molecule has 1 rings (SSSR count). The van der Waals surface area contributed by atoms with Gasteiger partial charge in [-0.25, -0.2) is 0 Å². The van der Waals surface area contributed by atoms with Gasteiger partial charge in [-0.3, -0.25) is 4.68 Å². The van der Waals surface area contributed by atoms with Crippen molar-refractivity contribution in [2.75, 3.05) is 6.54 Å². The Hall–Kier alpha value is -0.830. The second-order valence-electron chi connectivity index (χ2n) is 3.88. The fourth-order valence-electron chi connectivity index (χ4n) is 0.996. The van der Waals surface area contributed by atoms with E-state index in [1.54, 1.807) is 0 Å². The van der Waals surface area contributed by atoms with Crippen LogP contribution in [-0.4, -0.2) is 16.3 Å². The number of nitrogens with zero attached hydrogens (tertiary/aromatic N) is 2. The molecular formula is C9H17N3. The van der Waals surface area contributed by atoms with Gasteiger partial charge in [0.15, 0.2) is 0 Å². The molecule has 3 nitrogen and oxygen atoms in total. The van der Waals surface area contributed by atoms with Crippen LogP contribution in [0.25, 0.3) is 0 Å². The first kappa shape index (κ1) is 9.26. The van der Waals surface area contributed by atoms with E-state index in [9.17, 15) is 0 Å². The van der Waals surface area contributed by atoms with Crippen LogP contribution < -0.4 is 5.73 Å². The highest BCUT2D eigenvalue weighted by atomic mass is 15.3. The number of hydrogen-bond donors (Lipinski definition) is 1. The van der Waals surface area contributed by atoms with E-state index >= 15 is 0 Å². The largest absolute Gasteiger partial charge is 0.330 e. The minimum Gasteiger partial charge on any atom is -0.330 e. The average Bonchev–Trinajstić information content (AvgIpc) is 2.33. The Balaban J connectivity index is 3.04. The highest BCUT2D eigenvalue weighted by molar-refractivity contribution is 5.17. The lowest BCUT2D eigenvalue weighted by Crippen LogP contribution is -2.28. The highest BCUT2D eigenvalue weighted by Gasteiger charge is 2.21. The molecule has 12 heavy (non-hydrogen) atoms. The molecule has 3 heteroatoms. The third-order valence-electron chi connectivity index (χ3n) is 2.32. The molecule has 2 N–H and O–H groups in total. The minimum atomic E-state index is -0.00792. The third-order valence-corrected chi connectivity index (χ3v) is 2.32. The standard InChI is InChI=1S/C9H17N3/c1-7-5-8(11-12(7)4)9(2,3)6-10/h5H,6,10H2,1-4H3. The van der Waals surface area contributed by atoms with Crippen LogP contribution in [0.4, 0.5) is 0 Å². The maximum atomic E-state index is 5.65. The second-order valence-corrected chi connectivity index (χ2v) is 3.88. The summed E-state index contributed by atoms with van der Waals surface area (Å²) in [7, 11) is 1.95. The molecule has 0 saturated heterocycles. The molecule has 1 heterocycles. The maximum Gasteiger partial charge on any atom is 0.0696 e. The molecule has 0 spiro atoms. The summed E-state index contributed by atoms with van der Waals surface area (Å²) in [5, 5.41) is 4.39. The van der Waals surface area contributed by atoms with Gasteiger partial charge in [-0.2, -0.15) is 5.10 Å². The van der Waals surface area contributed by atoms with E-state index in [0.29, 0.717) is 6.54 Å². The summed E-state index contributed by atoms with van der Waals surface area (Å²) in [5.41, 5.74) is 7.89. The summed E-state index contributed by atoms with van der Waals surface area (Å²) in [6.45, 7) is 6.89. The van der Waals surface area contributed by atoms with Gasteiger partial charge in [0.1, 0.15) is 0 Å². The van der Waals surface area contributed by atoms with Crippen LogP contribution in [-0.2, 0) is 12.5 Å². The van der Waals surface area contributed by atoms with Crippen molar-refractivity contribution >= 4 is 0 Å². The molecule has 0 saturated carbocycles. The van der Waals surface area contributed by atoms with Gasteiger partial charge in [-0.15, -0.1) is 0 Å². The quantitative estimate of drug-likeness (QED) is 0.713. The predicted molar refractivity (Wildman–Crippen MR) is 50.0 cm³/mol.